The van der Waals surface area contributed by atoms with E-state index in [2.05, 4.69) is 27.4 Å². The second-order valence-electron chi connectivity index (χ2n) is 5.70. The van der Waals surface area contributed by atoms with E-state index in [1.165, 1.54) is 25.7 Å². The molecule has 1 N–H and O–H groups in total. The van der Waals surface area contributed by atoms with E-state index < -0.39 is 0 Å². The van der Waals surface area contributed by atoms with Crippen LogP contribution in [0.4, 0.5) is 0 Å². The predicted octanol–water partition coefficient (Wildman–Crippen LogP) is 2.29. The maximum atomic E-state index is 5.26. The first-order chi connectivity index (χ1) is 10.3. The van der Waals surface area contributed by atoms with Crippen LogP contribution in [0.1, 0.15) is 31.5 Å². The molecule has 2 aromatic heterocycles. The molecule has 0 spiro atoms. The van der Waals surface area contributed by atoms with Crippen molar-refractivity contribution in [3.8, 4) is 11.7 Å². The number of hydrogen-bond acceptors (Lipinski definition) is 6. The molecule has 1 aliphatic carbocycles. The Bertz CT molecular complexity index is 544. The minimum absolute atomic E-state index is 0.447. The molecule has 6 heteroatoms. The molecule has 114 valence electrons. The smallest absolute Gasteiger partial charge is 0.293 e. The summed E-state index contributed by atoms with van der Waals surface area (Å²) in [5.74, 6) is 1.77. The molecule has 0 amide bonds. The van der Waals surface area contributed by atoms with Gasteiger partial charge in [-0.25, -0.2) is 0 Å². The molecule has 3 rings (SSSR count). The molecule has 0 aromatic carbocycles. The molecule has 0 aliphatic heterocycles. The van der Waals surface area contributed by atoms with Crippen LogP contribution in [0, 0.1) is 0 Å². The van der Waals surface area contributed by atoms with Crippen LogP contribution in [0.2, 0.25) is 0 Å². The van der Waals surface area contributed by atoms with Gasteiger partial charge in [-0.15, -0.1) is 0 Å². The summed E-state index contributed by atoms with van der Waals surface area (Å²) in [6.45, 7) is 0.707. The average Bonchev–Trinajstić information content (AvgIpc) is 3.18. The van der Waals surface area contributed by atoms with Gasteiger partial charge >= 0.3 is 0 Å². The van der Waals surface area contributed by atoms with Crippen LogP contribution < -0.4 is 5.32 Å². The van der Waals surface area contributed by atoms with Gasteiger partial charge in [0.1, 0.15) is 0 Å². The molecule has 1 fully saturated rings. The summed E-state index contributed by atoms with van der Waals surface area (Å²) in [5, 5.41) is 7.40. The first-order valence-corrected chi connectivity index (χ1v) is 7.50. The maximum Gasteiger partial charge on any atom is 0.293 e. The Labute approximate surface area is 124 Å². The summed E-state index contributed by atoms with van der Waals surface area (Å²) in [5.41, 5.74) is 0. The van der Waals surface area contributed by atoms with Gasteiger partial charge in [0.2, 0.25) is 0 Å². The lowest BCUT2D eigenvalue weighted by atomic mass is 9.90. The Hall–Kier alpha value is -1.66. The number of nitrogens with zero attached hydrogens (tertiary/aromatic N) is 3. The second kappa shape index (κ2) is 6.41. The van der Waals surface area contributed by atoms with Crippen LogP contribution >= 0.6 is 0 Å². The van der Waals surface area contributed by atoms with Crippen molar-refractivity contribution in [3.63, 3.8) is 0 Å². The molecule has 0 bridgehead atoms. The lowest BCUT2D eigenvalue weighted by molar-refractivity contribution is 0.165. The predicted molar refractivity (Wildman–Crippen MR) is 78.6 cm³/mol. The van der Waals surface area contributed by atoms with Gasteiger partial charge in [0.15, 0.2) is 11.6 Å². The molecular formula is C15H22N4O2. The topological polar surface area (TPSA) is 67.3 Å². The van der Waals surface area contributed by atoms with E-state index in [1.54, 1.807) is 6.26 Å². The minimum Gasteiger partial charge on any atom is -0.459 e. The Morgan fingerprint density at radius 1 is 1.33 bits per heavy atom. The Kier molecular flexibility index (Phi) is 4.36. The zero-order valence-electron chi connectivity index (χ0n) is 12.6. The summed E-state index contributed by atoms with van der Waals surface area (Å²) < 4.78 is 10.5. The van der Waals surface area contributed by atoms with E-state index in [1.807, 2.05) is 19.2 Å². The first kappa shape index (κ1) is 14.3. The summed E-state index contributed by atoms with van der Waals surface area (Å²) in [6.07, 6.45) is 6.49. The first-order valence-electron chi connectivity index (χ1n) is 7.50. The highest BCUT2D eigenvalue weighted by molar-refractivity contribution is 5.42. The maximum absolute atomic E-state index is 5.26. The minimum atomic E-state index is 0.447. The molecule has 2 aromatic rings. The van der Waals surface area contributed by atoms with Crippen LogP contribution in [0.15, 0.2) is 27.3 Å². The van der Waals surface area contributed by atoms with Crippen molar-refractivity contribution >= 4 is 0 Å². The number of rotatable bonds is 5. The third-order valence-electron chi connectivity index (χ3n) is 4.32. The zero-order valence-corrected chi connectivity index (χ0v) is 12.6. The summed E-state index contributed by atoms with van der Waals surface area (Å²) in [7, 11) is 4.18. The van der Waals surface area contributed by atoms with Gasteiger partial charge in [-0.2, -0.15) is 4.98 Å². The monoisotopic (exact) mass is 290 g/mol. The standard InChI is InChI=1S/C15H22N4O2/c1-16-11-5-7-12(8-6-11)19(2)10-14-17-15(21-18-14)13-4-3-9-20-13/h3-4,9,11-12,16H,5-8,10H2,1-2H3. The molecule has 21 heavy (non-hydrogen) atoms. The summed E-state index contributed by atoms with van der Waals surface area (Å²) in [6, 6.07) is 4.90. The molecule has 0 radical (unpaired) electrons. The van der Waals surface area contributed by atoms with Crippen LogP contribution in [0.5, 0.6) is 0 Å². The van der Waals surface area contributed by atoms with Crippen LogP contribution in [0.3, 0.4) is 0 Å². The number of furan rings is 1. The van der Waals surface area contributed by atoms with Crippen molar-refractivity contribution in [1.29, 1.82) is 0 Å². The van der Waals surface area contributed by atoms with Crippen molar-refractivity contribution in [2.24, 2.45) is 0 Å². The molecule has 0 atom stereocenters. The Balaban J connectivity index is 1.57. The van der Waals surface area contributed by atoms with E-state index in [0.717, 1.165) is 0 Å². The van der Waals surface area contributed by atoms with Crippen LogP contribution in [-0.4, -0.2) is 41.2 Å². The molecule has 0 unspecified atom stereocenters. The van der Waals surface area contributed by atoms with Crippen molar-refractivity contribution in [3.05, 3.63) is 24.2 Å². The molecule has 1 saturated carbocycles. The van der Waals surface area contributed by atoms with Crippen LogP contribution in [0.25, 0.3) is 11.7 Å². The average molecular weight is 290 g/mol. The van der Waals surface area contributed by atoms with E-state index in [4.69, 9.17) is 8.94 Å². The molecule has 6 nitrogen and oxygen atoms in total. The highest BCUT2D eigenvalue weighted by Gasteiger charge is 2.24. The third kappa shape index (κ3) is 3.33. The fourth-order valence-electron chi connectivity index (χ4n) is 2.98. The summed E-state index contributed by atoms with van der Waals surface area (Å²) >= 11 is 0. The van der Waals surface area contributed by atoms with Crippen molar-refractivity contribution in [2.45, 2.75) is 44.3 Å². The molecule has 2 heterocycles. The lowest BCUT2D eigenvalue weighted by Crippen LogP contribution is -2.39. The second-order valence-corrected chi connectivity index (χ2v) is 5.70. The van der Waals surface area contributed by atoms with Gasteiger partial charge < -0.3 is 14.3 Å². The van der Waals surface area contributed by atoms with E-state index >= 15 is 0 Å². The van der Waals surface area contributed by atoms with Crippen molar-refractivity contribution < 1.29 is 8.94 Å². The Morgan fingerprint density at radius 3 is 2.81 bits per heavy atom. The largest absolute Gasteiger partial charge is 0.459 e. The van der Waals surface area contributed by atoms with Gasteiger partial charge in [0, 0.05) is 12.1 Å². The van der Waals surface area contributed by atoms with E-state index in [9.17, 15) is 0 Å². The quantitative estimate of drug-likeness (QED) is 0.911. The van der Waals surface area contributed by atoms with Gasteiger partial charge in [0.25, 0.3) is 5.89 Å². The molecular weight excluding hydrogens is 268 g/mol. The third-order valence-corrected chi connectivity index (χ3v) is 4.32. The fraction of sp³-hybridized carbons (Fsp3) is 0.600. The normalized spacial score (nSPS) is 22.8. The van der Waals surface area contributed by atoms with E-state index in [0.29, 0.717) is 36.1 Å². The fourth-order valence-corrected chi connectivity index (χ4v) is 2.98. The lowest BCUT2D eigenvalue weighted by Gasteiger charge is -2.33. The highest BCUT2D eigenvalue weighted by Crippen LogP contribution is 2.23. The van der Waals surface area contributed by atoms with Gasteiger partial charge in [-0.3, -0.25) is 4.90 Å². The highest BCUT2D eigenvalue weighted by atomic mass is 16.5. The van der Waals surface area contributed by atoms with Gasteiger partial charge in [-0.05, 0) is 51.9 Å². The molecule has 1 aliphatic rings. The van der Waals surface area contributed by atoms with Gasteiger partial charge in [0.05, 0.1) is 12.8 Å². The van der Waals surface area contributed by atoms with Crippen molar-refractivity contribution in [1.82, 2.24) is 20.4 Å². The van der Waals surface area contributed by atoms with Gasteiger partial charge in [-0.1, -0.05) is 5.16 Å². The Morgan fingerprint density at radius 2 is 2.14 bits per heavy atom. The number of hydrogen-bond donors (Lipinski definition) is 1. The molecule has 0 saturated heterocycles. The number of aromatic nitrogens is 2. The zero-order chi connectivity index (χ0) is 14.7. The van der Waals surface area contributed by atoms with Crippen LogP contribution in [-0.2, 0) is 6.54 Å². The SMILES string of the molecule is CNC1CCC(N(C)Cc2noc(-c3ccco3)n2)CC1. The van der Waals surface area contributed by atoms with E-state index in [-0.39, 0.29) is 0 Å². The summed E-state index contributed by atoms with van der Waals surface area (Å²) in [4.78, 5) is 6.72. The number of nitrogens with one attached hydrogen (secondary N) is 1. The van der Waals surface area contributed by atoms with Crippen molar-refractivity contribution in [2.75, 3.05) is 14.1 Å².